The number of piperazine rings is 1. The van der Waals surface area contributed by atoms with Crippen molar-refractivity contribution in [1.82, 2.24) is 10.6 Å². The molecule has 4 N–H and O–H groups in total. The van der Waals surface area contributed by atoms with Gasteiger partial charge in [-0.25, -0.2) is 13.2 Å². The van der Waals surface area contributed by atoms with Crippen molar-refractivity contribution in [3.05, 3.63) is 53.6 Å². The molecular weight excluding hydrogens is 501 g/mol. The van der Waals surface area contributed by atoms with Gasteiger partial charge in [-0.3, -0.25) is 9.52 Å². The summed E-state index contributed by atoms with van der Waals surface area (Å²) in [5.74, 6) is -2.97. The first-order chi connectivity index (χ1) is 16.8. The molecule has 1 heterocycles. The number of benzene rings is 2. The van der Waals surface area contributed by atoms with Gasteiger partial charge in [-0.05, 0) is 43.7 Å². The van der Waals surface area contributed by atoms with Crippen molar-refractivity contribution in [3.63, 3.8) is 0 Å². The molecule has 2 aromatic rings. The topological polar surface area (TPSA) is 128 Å². The molecule has 0 spiro atoms. The number of hydrogen-bond acceptors (Lipinski definition) is 6. The highest BCUT2D eigenvalue weighted by molar-refractivity contribution is 7.92. The van der Waals surface area contributed by atoms with Crippen LogP contribution in [0.25, 0.3) is 0 Å². The van der Waals surface area contributed by atoms with Crippen LogP contribution in [-0.4, -0.2) is 64.3 Å². The summed E-state index contributed by atoms with van der Waals surface area (Å²) < 4.78 is 60.4. The molecule has 2 aromatic carbocycles. The molecule has 0 bridgehead atoms. The molecule has 1 amide bonds. The summed E-state index contributed by atoms with van der Waals surface area (Å²) in [6.45, 7) is 7.63. The van der Waals surface area contributed by atoms with Crippen molar-refractivity contribution in [2.75, 3.05) is 42.3 Å². The van der Waals surface area contributed by atoms with Crippen molar-refractivity contribution in [1.29, 1.82) is 0 Å². The largest absolute Gasteiger partial charge is 0.490 e. The summed E-state index contributed by atoms with van der Waals surface area (Å²) in [4.78, 5) is 23.6. The Morgan fingerprint density at radius 2 is 1.67 bits per heavy atom. The summed E-state index contributed by atoms with van der Waals surface area (Å²) >= 11 is 0. The number of alkyl halides is 3. The Morgan fingerprint density at radius 3 is 2.19 bits per heavy atom. The van der Waals surface area contributed by atoms with E-state index >= 15 is 0 Å². The SMILES string of the molecule is CCCNC(=O)c1ccc(N2CCNCC2)c(NS(=O)(=O)c2ccc(C)cc2)c1.O=C(O)C(F)(F)F. The lowest BCUT2D eigenvalue weighted by molar-refractivity contribution is -0.192. The third-order valence-electron chi connectivity index (χ3n) is 5.07. The number of anilines is 2. The highest BCUT2D eigenvalue weighted by atomic mass is 32.2. The maximum atomic E-state index is 13.0. The van der Waals surface area contributed by atoms with Crippen LogP contribution < -0.4 is 20.3 Å². The molecule has 0 aliphatic carbocycles. The fourth-order valence-corrected chi connectivity index (χ4v) is 4.27. The van der Waals surface area contributed by atoms with Crippen LogP contribution in [0.3, 0.4) is 0 Å². The average Bonchev–Trinajstić information content (AvgIpc) is 2.83. The number of carboxylic acid groups (broad SMARTS) is 1. The number of sulfonamides is 1. The van der Waals surface area contributed by atoms with E-state index in [2.05, 4.69) is 20.3 Å². The minimum absolute atomic E-state index is 0.190. The van der Waals surface area contributed by atoms with Gasteiger partial charge < -0.3 is 20.6 Å². The van der Waals surface area contributed by atoms with Gasteiger partial charge in [0.15, 0.2) is 0 Å². The van der Waals surface area contributed by atoms with Crippen LogP contribution in [0.5, 0.6) is 0 Å². The Balaban J connectivity index is 0.000000572. The molecule has 1 aliphatic rings. The maximum absolute atomic E-state index is 13.0. The lowest BCUT2D eigenvalue weighted by atomic mass is 10.1. The predicted molar refractivity (Wildman–Crippen MR) is 130 cm³/mol. The number of carbonyl (C=O) groups is 2. The quantitative estimate of drug-likeness (QED) is 0.433. The first kappa shape index (κ1) is 28.9. The van der Waals surface area contributed by atoms with E-state index < -0.39 is 22.2 Å². The highest BCUT2D eigenvalue weighted by Gasteiger charge is 2.38. The number of hydrogen-bond donors (Lipinski definition) is 4. The standard InChI is InChI=1S/C21H28N4O3S.C2HF3O2/c1-3-10-23-21(26)17-6-9-20(25-13-11-22-12-14-25)19(15-17)24-29(27,28)18-7-4-16(2)5-8-18;3-2(4,5)1(6)7/h4-9,15,22,24H,3,10-14H2,1-2H3,(H,23,26);(H,6,7). The Bertz CT molecular complexity index is 1150. The van der Waals surface area contributed by atoms with Gasteiger partial charge in [-0.1, -0.05) is 24.6 Å². The summed E-state index contributed by atoms with van der Waals surface area (Å²) in [7, 11) is -3.77. The Kier molecular flexibility index (Phi) is 10.1. The van der Waals surface area contributed by atoms with E-state index in [1.807, 2.05) is 19.9 Å². The number of nitrogens with zero attached hydrogens (tertiary/aromatic N) is 1. The summed E-state index contributed by atoms with van der Waals surface area (Å²) in [6.07, 6.45) is -4.25. The molecule has 3 rings (SSSR count). The van der Waals surface area contributed by atoms with Crippen LogP contribution in [0.2, 0.25) is 0 Å². The van der Waals surface area contributed by atoms with Gasteiger partial charge in [0.2, 0.25) is 0 Å². The van der Waals surface area contributed by atoms with Gasteiger partial charge in [-0.15, -0.1) is 0 Å². The number of amides is 1. The van der Waals surface area contributed by atoms with Crippen LogP contribution in [0.15, 0.2) is 47.4 Å². The van der Waals surface area contributed by atoms with Crippen LogP contribution in [0, 0.1) is 6.92 Å². The first-order valence-electron chi connectivity index (χ1n) is 11.1. The number of carbonyl (C=O) groups excluding carboxylic acids is 1. The minimum atomic E-state index is -5.08. The Labute approximate surface area is 207 Å². The summed E-state index contributed by atoms with van der Waals surface area (Å²) in [5, 5.41) is 13.3. The average molecular weight is 531 g/mol. The van der Waals surface area contributed by atoms with Crippen molar-refractivity contribution in [2.45, 2.75) is 31.3 Å². The summed E-state index contributed by atoms with van der Waals surface area (Å²) in [5.41, 5.74) is 2.60. The molecule has 0 radical (unpaired) electrons. The Morgan fingerprint density at radius 1 is 1.08 bits per heavy atom. The molecule has 9 nitrogen and oxygen atoms in total. The number of aliphatic carboxylic acids is 1. The minimum Gasteiger partial charge on any atom is -0.475 e. The van der Waals surface area contributed by atoms with Crippen molar-refractivity contribution < 1.29 is 36.3 Å². The van der Waals surface area contributed by atoms with E-state index in [-0.39, 0.29) is 10.8 Å². The van der Waals surface area contributed by atoms with Gasteiger partial charge in [0.05, 0.1) is 16.3 Å². The predicted octanol–water partition coefficient (Wildman–Crippen LogP) is 2.98. The van der Waals surface area contributed by atoms with E-state index in [0.29, 0.717) is 17.8 Å². The van der Waals surface area contributed by atoms with Gasteiger partial charge in [0.25, 0.3) is 15.9 Å². The molecule has 0 unspecified atom stereocenters. The van der Waals surface area contributed by atoms with Gasteiger partial charge in [0.1, 0.15) is 0 Å². The third kappa shape index (κ3) is 8.41. The fourth-order valence-electron chi connectivity index (χ4n) is 3.20. The van der Waals surface area contributed by atoms with Gasteiger partial charge in [-0.2, -0.15) is 13.2 Å². The van der Waals surface area contributed by atoms with Crippen molar-refractivity contribution >= 4 is 33.3 Å². The lowest BCUT2D eigenvalue weighted by Crippen LogP contribution is -2.43. The number of aryl methyl sites for hydroxylation is 1. The molecule has 0 aromatic heterocycles. The van der Waals surface area contributed by atoms with Crippen LogP contribution in [0.1, 0.15) is 29.3 Å². The zero-order chi connectivity index (χ0) is 26.9. The number of nitrogens with one attached hydrogen (secondary N) is 3. The highest BCUT2D eigenvalue weighted by Crippen LogP contribution is 2.30. The van der Waals surface area contributed by atoms with Crippen LogP contribution in [-0.2, 0) is 14.8 Å². The first-order valence-corrected chi connectivity index (χ1v) is 12.6. The van der Waals surface area contributed by atoms with E-state index in [0.717, 1.165) is 43.9 Å². The normalized spacial score (nSPS) is 13.9. The van der Waals surface area contributed by atoms with E-state index in [9.17, 15) is 26.4 Å². The molecule has 13 heteroatoms. The Hall–Kier alpha value is -3.32. The van der Waals surface area contributed by atoms with E-state index in [1.54, 1.807) is 36.4 Å². The zero-order valence-electron chi connectivity index (χ0n) is 19.9. The second-order valence-electron chi connectivity index (χ2n) is 7.95. The summed E-state index contributed by atoms with van der Waals surface area (Å²) in [6, 6.07) is 11.9. The van der Waals surface area contributed by atoms with E-state index in [1.165, 1.54) is 0 Å². The molecule has 0 atom stereocenters. The third-order valence-corrected chi connectivity index (χ3v) is 6.45. The van der Waals surface area contributed by atoms with Crippen LogP contribution >= 0.6 is 0 Å². The molecule has 0 saturated carbocycles. The molecule has 36 heavy (non-hydrogen) atoms. The van der Waals surface area contributed by atoms with Gasteiger partial charge in [0, 0.05) is 38.3 Å². The molecule has 198 valence electrons. The maximum Gasteiger partial charge on any atom is 0.490 e. The van der Waals surface area contributed by atoms with Crippen molar-refractivity contribution in [3.8, 4) is 0 Å². The molecule has 1 aliphatic heterocycles. The molecule has 1 saturated heterocycles. The number of rotatable bonds is 7. The number of halogens is 3. The monoisotopic (exact) mass is 530 g/mol. The smallest absolute Gasteiger partial charge is 0.475 e. The molecule has 1 fully saturated rings. The van der Waals surface area contributed by atoms with Crippen LogP contribution in [0.4, 0.5) is 24.5 Å². The second-order valence-corrected chi connectivity index (χ2v) is 9.63. The zero-order valence-corrected chi connectivity index (χ0v) is 20.7. The lowest BCUT2D eigenvalue weighted by Gasteiger charge is -2.31. The number of carboxylic acids is 1. The van der Waals surface area contributed by atoms with Crippen molar-refractivity contribution in [2.24, 2.45) is 0 Å². The molecular formula is C23H29F3N4O5S. The second kappa shape index (κ2) is 12.6. The van der Waals surface area contributed by atoms with Gasteiger partial charge >= 0.3 is 12.1 Å². The van der Waals surface area contributed by atoms with E-state index in [4.69, 9.17) is 9.90 Å². The fraction of sp³-hybridized carbons (Fsp3) is 0.391.